The van der Waals surface area contributed by atoms with Crippen LogP contribution in [0.1, 0.15) is 25.3 Å². The highest BCUT2D eigenvalue weighted by Crippen LogP contribution is 2.24. The van der Waals surface area contributed by atoms with Crippen LogP contribution in [0.25, 0.3) is 11.0 Å². The molecule has 1 fully saturated rings. The van der Waals surface area contributed by atoms with Gasteiger partial charge in [0.1, 0.15) is 34.2 Å². The van der Waals surface area contributed by atoms with Crippen molar-refractivity contribution in [1.82, 2.24) is 24.2 Å². The lowest BCUT2D eigenvalue weighted by atomic mass is 10.1. The van der Waals surface area contributed by atoms with Gasteiger partial charge in [-0.25, -0.2) is 15.0 Å². The van der Waals surface area contributed by atoms with Gasteiger partial charge in [-0.3, -0.25) is 0 Å². The van der Waals surface area contributed by atoms with Gasteiger partial charge >= 0.3 is 0 Å². The fourth-order valence-electron chi connectivity index (χ4n) is 3.71. The van der Waals surface area contributed by atoms with Crippen molar-refractivity contribution in [3.8, 4) is 5.75 Å². The highest BCUT2D eigenvalue weighted by atomic mass is 32.3. The van der Waals surface area contributed by atoms with Crippen molar-refractivity contribution in [2.75, 3.05) is 30.8 Å². The van der Waals surface area contributed by atoms with E-state index in [4.69, 9.17) is 4.74 Å². The number of anilines is 1. The van der Waals surface area contributed by atoms with Gasteiger partial charge < -0.3 is 18.8 Å². The molecule has 0 spiro atoms. The maximum absolute atomic E-state index is 11.2. The molecule has 0 radical (unpaired) electrons. The topological polar surface area (TPSA) is 108 Å². The van der Waals surface area contributed by atoms with E-state index in [2.05, 4.69) is 31.5 Å². The van der Waals surface area contributed by atoms with Gasteiger partial charge in [-0.15, -0.1) is 4.72 Å². The van der Waals surface area contributed by atoms with Crippen LogP contribution in [0.5, 0.6) is 5.75 Å². The maximum atomic E-state index is 11.2. The third kappa shape index (κ3) is 5.57. The van der Waals surface area contributed by atoms with E-state index >= 15 is 0 Å². The van der Waals surface area contributed by atoms with Crippen molar-refractivity contribution in [3.63, 3.8) is 0 Å². The number of fused-ring (bicyclic) bond motifs is 1. The predicted octanol–water partition coefficient (Wildman–Crippen LogP) is 2.20. The molecule has 1 atom stereocenters. The number of nitrogens with zero attached hydrogens (tertiary/aromatic N) is 5. The van der Waals surface area contributed by atoms with Crippen molar-refractivity contribution >= 4 is 27.4 Å². The SMILES string of the molecule is CCc1cnc(N2CCC(Oc3cnc4c(ccn4CCN[S+](C)(=O)[O-])c3)CC2)nc1. The molecular weight excluding hydrogens is 416 g/mol. The minimum Gasteiger partial charge on any atom is -0.598 e. The number of ether oxygens (including phenoxy) is 1. The number of hydrogen-bond donors (Lipinski definition) is 1. The van der Waals surface area contributed by atoms with Crippen LogP contribution >= 0.6 is 0 Å². The Kier molecular flexibility index (Phi) is 6.49. The second-order valence-corrected chi connectivity index (χ2v) is 9.64. The molecule has 0 aliphatic carbocycles. The summed E-state index contributed by atoms with van der Waals surface area (Å²) in [7, 11) is -3.19. The first-order chi connectivity index (χ1) is 14.9. The maximum Gasteiger partial charge on any atom is 0.225 e. The zero-order valence-electron chi connectivity index (χ0n) is 17.9. The quantitative estimate of drug-likeness (QED) is 0.531. The molecule has 0 aromatic carbocycles. The zero-order valence-corrected chi connectivity index (χ0v) is 18.7. The normalized spacial score (nSPS) is 17.1. The number of piperidine rings is 1. The van der Waals surface area contributed by atoms with Crippen molar-refractivity contribution in [3.05, 3.63) is 42.5 Å². The van der Waals surface area contributed by atoms with Crippen LogP contribution in [-0.4, -0.2) is 56.1 Å². The Morgan fingerprint density at radius 1 is 1.23 bits per heavy atom. The summed E-state index contributed by atoms with van der Waals surface area (Å²) in [5.41, 5.74) is 1.95. The summed E-state index contributed by atoms with van der Waals surface area (Å²) in [4.78, 5) is 15.7. The number of nitrogens with one attached hydrogen (secondary N) is 1. The molecule has 1 unspecified atom stereocenters. The number of pyridine rings is 1. The summed E-state index contributed by atoms with van der Waals surface area (Å²) in [5.74, 6) is 1.53. The highest BCUT2D eigenvalue weighted by Gasteiger charge is 2.22. The zero-order chi connectivity index (χ0) is 21.8. The van der Waals surface area contributed by atoms with E-state index in [1.165, 1.54) is 0 Å². The van der Waals surface area contributed by atoms with Gasteiger partial charge in [0.25, 0.3) is 0 Å². The van der Waals surface area contributed by atoms with Crippen LogP contribution < -0.4 is 14.4 Å². The van der Waals surface area contributed by atoms with E-state index < -0.39 is 10.4 Å². The Labute approximate surface area is 183 Å². The molecule has 4 heterocycles. The van der Waals surface area contributed by atoms with E-state index in [-0.39, 0.29) is 6.10 Å². The molecule has 0 amide bonds. The lowest BCUT2D eigenvalue weighted by molar-refractivity contribution is 0.170. The monoisotopic (exact) mass is 444 g/mol. The van der Waals surface area contributed by atoms with Gasteiger partial charge in [0, 0.05) is 56.5 Å². The van der Waals surface area contributed by atoms with Crippen molar-refractivity contribution < 1.29 is 13.5 Å². The van der Waals surface area contributed by atoms with Gasteiger partial charge in [0.2, 0.25) is 5.95 Å². The number of aromatic nitrogens is 4. The smallest absolute Gasteiger partial charge is 0.225 e. The van der Waals surface area contributed by atoms with E-state index in [1.807, 2.05) is 35.3 Å². The van der Waals surface area contributed by atoms with Crippen LogP contribution in [0.4, 0.5) is 5.95 Å². The molecule has 1 aliphatic heterocycles. The molecule has 3 aromatic heterocycles. The molecule has 31 heavy (non-hydrogen) atoms. The predicted molar refractivity (Wildman–Crippen MR) is 120 cm³/mol. The molecule has 10 heteroatoms. The summed E-state index contributed by atoms with van der Waals surface area (Å²) in [6.07, 6.45) is 11.5. The third-order valence-electron chi connectivity index (χ3n) is 5.42. The number of sulfonamides is 1. The van der Waals surface area contributed by atoms with Gasteiger partial charge in [-0.2, -0.15) is 0 Å². The number of rotatable bonds is 8. The average Bonchev–Trinajstić information content (AvgIpc) is 3.16. The van der Waals surface area contributed by atoms with Gasteiger partial charge in [0.15, 0.2) is 0 Å². The van der Waals surface area contributed by atoms with E-state index in [0.29, 0.717) is 13.1 Å². The molecule has 9 nitrogen and oxygen atoms in total. The third-order valence-corrected chi connectivity index (χ3v) is 6.15. The molecule has 1 saturated heterocycles. The molecule has 3 aromatic rings. The molecular formula is C21H28N6O3S. The highest BCUT2D eigenvalue weighted by molar-refractivity contribution is 7.95. The van der Waals surface area contributed by atoms with Crippen LogP contribution in [0.15, 0.2) is 36.9 Å². The molecule has 166 valence electrons. The summed E-state index contributed by atoms with van der Waals surface area (Å²) in [6.45, 7) is 4.65. The largest absolute Gasteiger partial charge is 0.598 e. The summed E-state index contributed by atoms with van der Waals surface area (Å²) in [5, 5.41) is 0.971. The second-order valence-electron chi connectivity index (χ2n) is 7.81. The molecule has 0 bridgehead atoms. The summed E-state index contributed by atoms with van der Waals surface area (Å²) >= 11 is 0. The van der Waals surface area contributed by atoms with Crippen molar-refractivity contribution in [2.45, 2.75) is 38.8 Å². The molecule has 1 N–H and O–H groups in total. The first-order valence-corrected chi connectivity index (χ1v) is 12.4. The van der Waals surface area contributed by atoms with Gasteiger partial charge in [-0.05, 0) is 24.1 Å². The summed E-state index contributed by atoms with van der Waals surface area (Å²) < 4.78 is 33.1. The lowest BCUT2D eigenvalue weighted by Crippen LogP contribution is -2.39. The Morgan fingerprint density at radius 2 is 1.97 bits per heavy atom. The van der Waals surface area contributed by atoms with Crippen LogP contribution in [0.2, 0.25) is 0 Å². The van der Waals surface area contributed by atoms with Gasteiger partial charge in [-0.1, -0.05) is 11.1 Å². The van der Waals surface area contributed by atoms with E-state index in [9.17, 15) is 8.76 Å². The van der Waals surface area contributed by atoms with Crippen molar-refractivity contribution in [1.29, 1.82) is 0 Å². The Balaban J connectivity index is 1.32. The van der Waals surface area contributed by atoms with Crippen molar-refractivity contribution in [2.24, 2.45) is 0 Å². The first-order valence-electron chi connectivity index (χ1n) is 10.5. The number of aryl methyl sites for hydroxylation is 1. The van der Waals surface area contributed by atoms with Crippen LogP contribution in [0.3, 0.4) is 0 Å². The lowest BCUT2D eigenvalue weighted by Gasteiger charge is -2.32. The molecule has 1 aliphatic rings. The first kappa shape index (κ1) is 21.7. The second kappa shape index (κ2) is 9.29. The molecule has 4 rings (SSSR count). The minimum absolute atomic E-state index is 0.131. The Bertz CT molecular complexity index is 1060. The fraction of sp³-hybridized carbons (Fsp3) is 0.476. The Morgan fingerprint density at radius 3 is 2.65 bits per heavy atom. The Hall–Kier alpha value is -2.56. The fourth-order valence-corrected chi connectivity index (χ4v) is 4.18. The van der Waals surface area contributed by atoms with E-state index in [0.717, 1.165) is 66.9 Å². The average molecular weight is 445 g/mol. The van der Waals surface area contributed by atoms with Crippen LogP contribution in [0, 0.1) is 0 Å². The van der Waals surface area contributed by atoms with Gasteiger partial charge in [0.05, 0.1) is 12.7 Å². The standard InChI is InChI=1S/C21H28N6O3S/c1-3-16-13-23-21(24-14-16)27-9-5-18(6-10-27)30-19-12-17-4-8-26(20(17)22-15-19)11-7-25-31(2,28)29/h4,8,12-15,18H,3,5-7,9-11H2,1-2H3,(H-,25,28,29). The van der Waals surface area contributed by atoms with E-state index in [1.54, 1.807) is 6.20 Å². The minimum atomic E-state index is -3.19. The number of hydrogen-bond acceptors (Lipinski definition) is 7. The summed E-state index contributed by atoms with van der Waals surface area (Å²) in [6, 6.07) is 3.96. The molecule has 0 saturated carbocycles. The van der Waals surface area contributed by atoms with Crippen LogP contribution in [-0.2, 0) is 27.6 Å².